The molecule has 0 saturated carbocycles. The first-order chi connectivity index (χ1) is 9.81. The van der Waals surface area contributed by atoms with E-state index < -0.39 is 0 Å². The van der Waals surface area contributed by atoms with Gasteiger partial charge in [-0.05, 0) is 38.3 Å². The van der Waals surface area contributed by atoms with Crippen LogP contribution < -0.4 is 5.32 Å². The van der Waals surface area contributed by atoms with Gasteiger partial charge in [-0.15, -0.1) is 0 Å². The van der Waals surface area contributed by atoms with Crippen LogP contribution >= 0.6 is 0 Å². The Bertz CT molecular complexity index is 544. The Labute approximate surface area is 119 Å². The molecule has 1 aromatic heterocycles. The summed E-state index contributed by atoms with van der Waals surface area (Å²) in [7, 11) is 0. The molecule has 2 heterocycles. The highest BCUT2D eigenvalue weighted by Gasteiger charge is 2.16. The lowest BCUT2D eigenvalue weighted by atomic mass is 10.1. The summed E-state index contributed by atoms with van der Waals surface area (Å²) < 4.78 is 7.98. The number of imidazole rings is 1. The van der Waals surface area contributed by atoms with Crippen molar-refractivity contribution in [3.05, 3.63) is 42.2 Å². The standard InChI is InChI=1S/C16H21N3O/c1-13-11-19(12-15-9-5-6-10-20-15)16(17-13)18-14-7-3-2-4-8-14/h2-4,7-8,11,15H,5-6,9-10,12H2,1H3,(H,17,18). The Balaban J connectivity index is 1.73. The highest BCUT2D eigenvalue weighted by molar-refractivity contribution is 5.53. The minimum absolute atomic E-state index is 0.314. The zero-order chi connectivity index (χ0) is 13.8. The van der Waals surface area contributed by atoms with E-state index in [-0.39, 0.29) is 0 Å². The Hall–Kier alpha value is -1.81. The molecule has 4 nitrogen and oxygen atoms in total. The van der Waals surface area contributed by atoms with E-state index in [2.05, 4.69) is 21.1 Å². The molecule has 1 atom stereocenters. The van der Waals surface area contributed by atoms with Gasteiger partial charge < -0.3 is 14.6 Å². The second kappa shape index (κ2) is 6.09. The quantitative estimate of drug-likeness (QED) is 0.925. The molecule has 2 aromatic rings. The van der Waals surface area contributed by atoms with Gasteiger partial charge in [0.1, 0.15) is 0 Å². The predicted octanol–water partition coefficient (Wildman–Crippen LogP) is 3.50. The summed E-state index contributed by atoms with van der Waals surface area (Å²) in [6, 6.07) is 10.1. The largest absolute Gasteiger partial charge is 0.376 e. The molecule has 1 fully saturated rings. The number of benzene rings is 1. The lowest BCUT2D eigenvalue weighted by Gasteiger charge is -2.23. The SMILES string of the molecule is Cc1cn(CC2CCCCO2)c(Nc2ccccc2)n1. The van der Waals surface area contributed by atoms with Gasteiger partial charge in [-0.2, -0.15) is 0 Å². The van der Waals surface area contributed by atoms with Crippen LogP contribution in [0.4, 0.5) is 11.6 Å². The number of para-hydroxylation sites is 1. The molecule has 0 bridgehead atoms. The first-order valence-electron chi connectivity index (χ1n) is 7.29. The summed E-state index contributed by atoms with van der Waals surface area (Å²) >= 11 is 0. The molecule has 4 heteroatoms. The molecule has 106 valence electrons. The normalized spacial score (nSPS) is 18.9. The summed E-state index contributed by atoms with van der Waals surface area (Å²) in [6.07, 6.45) is 5.99. The lowest BCUT2D eigenvalue weighted by Crippen LogP contribution is -2.24. The zero-order valence-corrected chi connectivity index (χ0v) is 11.9. The maximum atomic E-state index is 5.82. The zero-order valence-electron chi connectivity index (χ0n) is 11.9. The summed E-state index contributed by atoms with van der Waals surface area (Å²) in [5.74, 6) is 0.892. The Morgan fingerprint density at radius 3 is 2.90 bits per heavy atom. The Morgan fingerprint density at radius 1 is 1.30 bits per heavy atom. The third kappa shape index (κ3) is 3.20. The van der Waals surface area contributed by atoms with Crippen LogP contribution in [0.5, 0.6) is 0 Å². The number of rotatable bonds is 4. The molecule has 1 aliphatic rings. The average Bonchev–Trinajstić information content (AvgIpc) is 2.81. The highest BCUT2D eigenvalue weighted by atomic mass is 16.5. The molecule has 1 unspecified atom stereocenters. The third-order valence-electron chi connectivity index (χ3n) is 3.60. The number of hydrogen-bond donors (Lipinski definition) is 1. The van der Waals surface area contributed by atoms with E-state index >= 15 is 0 Å². The van der Waals surface area contributed by atoms with Crippen molar-refractivity contribution in [3.63, 3.8) is 0 Å². The van der Waals surface area contributed by atoms with Crippen LogP contribution in [-0.2, 0) is 11.3 Å². The van der Waals surface area contributed by atoms with Gasteiger partial charge in [0.05, 0.1) is 18.3 Å². The van der Waals surface area contributed by atoms with Crippen molar-refractivity contribution < 1.29 is 4.74 Å². The molecular weight excluding hydrogens is 250 g/mol. The van der Waals surface area contributed by atoms with Crippen LogP contribution in [0.1, 0.15) is 25.0 Å². The number of hydrogen-bond acceptors (Lipinski definition) is 3. The van der Waals surface area contributed by atoms with Crippen molar-refractivity contribution in [1.29, 1.82) is 0 Å². The molecule has 1 N–H and O–H groups in total. The monoisotopic (exact) mass is 271 g/mol. The van der Waals surface area contributed by atoms with Gasteiger partial charge >= 0.3 is 0 Å². The van der Waals surface area contributed by atoms with Crippen LogP contribution in [-0.4, -0.2) is 22.3 Å². The predicted molar refractivity (Wildman–Crippen MR) is 80.3 cm³/mol. The van der Waals surface area contributed by atoms with Crippen LogP contribution in [0.3, 0.4) is 0 Å². The topological polar surface area (TPSA) is 39.1 Å². The van der Waals surface area contributed by atoms with Gasteiger partial charge in [0.25, 0.3) is 0 Å². The number of nitrogens with zero attached hydrogens (tertiary/aromatic N) is 2. The smallest absolute Gasteiger partial charge is 0.207 e. The van der Waals surface area contributed by atoms with Crippen molar-refractivity contribution >= 4 is 11.6 Å². The third-order valence-corrected chi connectivity index (χ3v) is 3.60. The van der Waals surface area contributed by atoms with E-state index in [9.17, 15) is 0 Å². The minimum atomic E-state index is 0.314. The van der Waals surface area contributed by atoms with Crippen molar-refractivity contribution in [2.45, 2.75) is 38.8 Å². The molecule has 0 radical (unpaired) electrons. The van der Waals surface area contributed by atoms with Crippen molar-refractivity contribution in [2.24, 2.45) is 0 Å². The van der Waals surface area contributed by atoms with E-state index in [4.69, 9.17) is 4.74 Å². The highest BCUT2D eigenvalue weighted by Crippen LogP contribution is 2.20. The van der Waals surface area contributed by atoms with Crippen LogP contribution in [0.25, 0.3) is 0 Å². The number of anilines is 2. The van der Waals surface area contributed by atoms with Crippen molar-refractivity contribution in [1.82, 2.24) is 9.55 Å². The van der Waals surface area contributed by atoms with E-state index in [0.29, 0.717) is 6.10 Å². The van der Waals surface area contributed by atoms with Crippen molar-refractivity contribution in [3.8, 4) is 0 Å². The molecule has 3 rings (SSSR count). The maximum absolute atomic E-state index is 5.82. The summed E-state index contributed by atoms with van der Waals surface area (Å²) in [5, 5.41) is 3.38. The molecule has 20 heavy (non-hydrogen) atoms. The summed E-state index contributed by atoms with van der Waals surface area (Å²) in [5.41, 5.74) is 2.09. The van der Waals surface area contributed by atoms with Gasteiger partial charge in [0, 0.05) is 18.5 Å². The van der Waals surface area contributed by atoms with E-state index in [0.717, 1.165) is 36.9 Å². The molecule has 1 saturated heterocycles. The maximum Gasteiger partial charge on any atom is 0.207 e. The van der Waals surface area contributed by atoms with Gasteiger partial charge in [-0.1, -0.05) is 18.2 Å². The molecular formula is C16H21N3O. The Morgan fingerprint density at radius 2 is 2.15 bits per heavy atom. The number of ether oxygens (including phenoxy) is 1. The fraction of sp³-hybridized carbons (Fsp3) is 0.438. The summed E-state index contributed by atoms with van der Waals surface area (Å²) in [6.45, 7) is 3.78. The fourth-order valence-electron chi connectivity index (χ4n) is 2.61. The fourth-order valence-corrected chi connectivity index (χ4v) is 2.61. The van der Waals surface area contributed by atoms with Gasteiger partial charge in [-0.25, -0.2) is 4.98 Å². The second-order valence-electron chi connectivity index (χ2n) is 5.34. The first-order valence-corrected chi connectivity index (χ1v) is 7.29. The lowest BCUT2D eigenvalue weighted by molar-refractivity contribution is 0.00631. The van der Waals surface area contributed by atoms with E-state index in [1.165, 1.54) is 12.8 Å². The second-order valence-corrected chi connectivity index (χ2v) is 5.34. The first kappa shape index (κ1) is 13.2. The van der Waals surface area contributed by atoms with E-state index in [1.54, 1.807) is 0 Å². The molecule has 0 spiro atoms. The minimum Gasteiger partial charge on any atom is -0.376 e. The van der Waals surface area contributed by atoms with Crippen molar-refractivity contribution in [2.75, 3.05) is 11.9 Å². The molecule has 1 aromatic carbocycles. The van der Waals surface area contributed by atoms with Crippen LogP contribution in [0.15, 0.2) is 36.5 Å². The number of aryl methyl sites for hydroxylation is 1. The van der Waals surface area contributed by atoms with E-state index in [1.807, 2.05) is 37.3 Å². The van der Waals surface area contributed by atoms with Gasteiger partial charge in [0.15, 0.2) is 0 Å². The molecule has 0 aliphatic carbocycles. The van der Waals surface area contributed by atoms with Crippen LogP contribution in [0, 0.1) is 6.92 Å². The Kier molecular flexibility index (Phi) is 4.02. The molecule has 1 aliphatic heterocycles. The van der Waals surface area contributed by atoms with Gasteiger partial charge in [-0.3, -0.25) is 0 Å². The number of aromatic nitrogens is 2. The van der Waals surface area contributed by atoms with Crippen LogP contribution in [0.2, 0.25) is 0 Å². The number of nitrogens with one attached hydrogen (secondary N) is 1. The average molecular weight is 271 g/mol. The molecule has 0 amide bonds. The van der Waals surface area contributed by atoms with Gasteiger partial charge in [0.2, 0.25) is 5.95 Å². The summed E-state index contributed by atoms with van der Waals surface area (Å²) in [4.78, 5) is 4.57.